The molecule has 3 N–H and O–H groups in total. The molecule has 0 aliphatic carbocycles. The van der Waals surface area contributed by atoms with E-state index in [0.717, 1.165) is 36.1 Å². The lowest BCUT2D eigenvalue weighted by Crippen LogP contribution is -2.45. The third-order valence-corrected chi connectivity index (χ3v) is 4.58. The third-order valence-electron chi connectivity index (χ3n) is 4.58. The van der Waals surface area contributed by atoms with E-state index in [2.05, 4.69) is 18.3 Å². The highest BCUT2D eigenvalue weighted by atomic mass is 35.5. The van der Waals surface area contributed by atoms with Crippen molar-refractivity contribution < 1.29 is 9.59 Å². The highest BCUT2D eigenvalue weighted by Crippen LogP contribution is 2.27. The Kier molecular flexibility index (Phi) is 8.39. The summed E-state index contributed by atoms with van der Waals surface area (Å²) in [5.41, 5.74) is 8.86. The molecule has 0 spiro atoms. The van der Waals surface area contributed by atoms with Crippen LogP contribution in [0.3, 0.4) is 0 Å². The second-order valence-corrected chi connectivity index (χ2v) is 6.76. The van der Waals surface area contributed by atoms with Crippen LogP contribution in [0.4, 0.5) is 5.69 Å². The van der Waals surface area contributed by atoms with Gasteiger partial charge in [0.15, 0.2) is 0 Å². The van der Waals surface area contributed by atoms with Gasteiger partial charge in [0, 0.05) is 24.8 Å². The number of nitrogens with one attached hydrogen (secondary N) is 1. The summed E-state index contributed by atoms with van der Waals surface area (Å²) >= 11 is 0. The van der Waals surface area contributed by atoms with Crippen molar-refractivity contribution in [2.24, 2.45) is 11.7 Å². The van der Waals surface area contributed by atoms with Crippen molar-refractivity contribution in [3.8, 4) is 0 Å². The second-order valence-electron chi connectivity index (χ2n) is 6.76. The number of carbonyl (C=O) groups excluding carboxylic acids is 2. The Morgan fingerprint density at radius 2 is 1.96 bits per heavy atom. The molecule has 25 heavy (non-hydrogen) atoms. The maximum atomic E-state index is 12.7. The lowest BCUT2D eigenvalue weighted by atomic mass is 10.0. The summed E-state index contributed by atoms with van der Waals surface area (Å²) in [5.74, 6) is -0.885. The highest BCUT2D eigenvalue weighted by Gasteiger charge is 2.38. The zero-order valence-corrected chi connectivity index (χ0v) is 16.2. The van der Waals surface area contributed by atoms with E-state index in [4.69, 9.17) is 5.73 Å². The van der Waals surface area contributed by atoms with Crippen molar-refractivity contribution in [2.75, 3.05) is 18.0 Å². The normalized spacial score (nSPS) is 18.0. The first-order valence-corrected chi connectivity index (χ1v) is 8.86. The fraction of sp³-hybridized carbons (Fsp3) is 0.579. The van der Waals surface area contributed by atoms with Gasteiger partial charge in [0.2, 0.25) is 11.8 Å². The molecule has 2 unspecified atom stereocenters. The quantitative estimate of drug-likeness (QED) is 0.727. The molecule has 0 radical (unpaired) electrons. The first-order valence-electron chi connectivity index (χ1n) is 8.86. The number of hydrogen-bond acceptors (Lipinski definition) is 3. The van der Waals surface area contributed by atoms with Crippen molar-refractivity contribution in [1.82, 2.24) is 5.32 Å². The van der Waals surface area contributed by atoms with Gasteiger partial charge in [0.25, 0.3) is 0 Å². The molecule has 1 fully saturated rings. The Morgan fingerprint density at radius 1 is 1.32 bits per heavy atom. The molecular weight excluding hydrogens is 338 g/mol. The van der Waals surface area contributed by atoms with E-state index in [1.807, 2.05) is 26.0 Å². The SMILES string of the molecule is CCCCC(CN)NC(=O)C1CCN(c2cc(C)cc(C)c2)C1=O.Cl. The van der Waals surface area contributed by atoms with Crippen LogP contribution in [0.15, 0.2) is 18.2 Å². The van der Waals surface area contributed by atoms with Crippen molar-refractivity contribution in [1.29, 1.82) is 0 Å². The van der Waals surface area contributed by atoms with Crippen molar-refractivity contribution in [3.63, 3.8) is 0 Å². The van der Waals surface area contributed by atoms with Crippen LogP contribution >= 0.6 is 12.4 Å². The number of anilines is 1. The molecule has 1 aromatic carbocycles. The molecule has 5 nitrogen and oxygen atoms in total. The molecule has 2 atom stereocenters. The molecule has 140 valence electrons. The van der Waals surface area contributed by atoms with Crippen LogP contribution in [0.2, 0.25) is 0 Å². The van der Waals surface area contributed by atoms with Gasteiger partial charge < -0.3 is 16.0 Å². The summed E-state index contributed by atoms with van der Waals surface area (Å²) in [6, 6.07) is 6.03. The van der Waals surface area contributed by atoms with Gasteiger partial charge in [-0.3, -0.25) is 9.59 Å². The molecule has 2 rings (SSSR count). The van der Waals surface area contributed by atoms with E-state index < -0.39 is 5.92 Å². The molecule has 0 bridgehead atoms. The number of unbranched alkanes of at least 4 members (excludes halogenated alkanes) is 1. The molecule has 6 heteroatoms. The minimum atomic E-state index is -0.596. The standard InChI is InChI=1S/C19H29N3O2.ClH/c1-4-5-6-15(12-20)21-18(23)17-7-8-22(19(17)24)16-10-13(2)9-14(3)11-16;/h9-11,15,17H,4-8,12,20H2,1-3H3,(H,21,23);1H. The monoisotopic (exact) mass is 367 g/mol. The van der Waals surface area contributed by atoms with Crippen LogP contribution in [0.25, 0.3) is 0 Å². The Hall–Kier alpha value is -1.59. The topological polar surface area (TPSA) is 75.4 Å². The lowest BCUT2D eigenvalue weighted by Gasteiger charge is -2.20. The van der Waals surface area contributed by atoms with Gasteiger partial charge in [-0.2, -0.15) is 0 Å². The average Bonchev–Trinajstić information content (AvgIpc) is 2.92. The maximum Gasteiger partial charge on any atom is 0.239 e. The highest BCUT2D eigenvalue weighted by molar-refractivity contribution is 6.09. The predicted octanol–water partition coefficient (Wildman–Crippen LogP) is 2.71. The van der Waals surface area contributed by atoms with E-state index in [1.165, 1.54) is 0 Å². The van der Waals surface area contributed by atoms with E-state index >= 15 is 0 Å². The molecule has 2 amide bonds. The molecule has 1 aliphatic heterocycles. The number of benzene rings is 1. The van der Waals surface area contributed by atoms with Gasteiger partial charge in [-0.05, 0) is 49.9 Å². The zero-order valence-electron chi connectivity index (χ0n) is 15.4. The summed E-state index contributed by atoms with van der Waals surface area (Å²) < 4.78 is 0. The van der Waals surface area contributed by atoms with E-state index in [1.54, 1.807) is 4.90 Å². The van der Waals surface area contributed by atoms with Crippen molar-refractivity contribution in [2.45, 2.75) is 52.5 Å². The van der Waals surface area contributed by atoms with Crippen LogP contribution in [-0.2, 0) is 9.59 Å². The number of nitrogens with two attached hydrogens (primary N) is 1. The summed E-state index contributed by atoms with van der Waals surface area (Å²) in [7, 11) is 0. The molecule has 1 aliphatic rings. The van der Waals surface area contributed by atoms with E-state index in [0.29, 0.717) is 19.5 Å². The smallest absolute Gasteiger partial charge is 0.239 e. The first kappa shape index (κ1) is 21.5. The summed E-state index contributed by atoms with van der Waals surface area (Å²) in [6.45, 7) is 7.13. The van der Waals surface area contributed by atoms with E-state index in [9.17, 15) is 9.59 Å². The lowest BCUT2D eigenvalue weighted by molar-refractivity contribution is -0.132. The minimum Gasteiger partial charge on any atom is -0.351 e. The molecule has 0 aromatic heterocycles. The largest absolute Gasteiger partial charge is 0.351 e. The van der Waals surface area contributed by atoms with Gasteiger partial charge in [0.1, 0.15) is 5.92 Å². The molecule has 1 aromatic rings. The third kappa shape index (κ3) is 5.44. The number of rotatable bonds is 7. The van der Waals surface area contributed by atoms with Crippen LogP contribution in [0.1, 0.15) is 43.7 Å². The number of amides is 2. The van der Waals surface area contributed by atoms with Gasteiger partial charge in [0.05, 0.1) is 0 Å². The molecular formula is C19H30ClN3O2. The Labute approximate surface area is 156 Å². The number of nitrogens with zero attached hydrogens (tertiary/aromatic N) is 1. The Bertz CT molecular complexity index is 586. The van der Waals surface area contributed by atoms with Crippen molar-refractivity contribution >= 4 is 29.9 Å². The first-order chi connectivity index (χ1) is 11.5. The number of hydrogen-bond donors (Lipinski definition) is 2. The van der Waals surface area contributed by atoms with Gasteiger partial charge in [-0.15, -0.1) is 12.4 Å². The van der Waals surface area contributed by atoms with Crippen LogP contribution in [0, 0.1) is 19.8 Å². The van der Waals surface area contributed by atoms with Gasteiger partial charge >= 0.3 is 0 Å². The number of carbonyl (C=O) groups is 2. The minimum absolute atomic E-state index is 0. The maximum absolute atomic E-state index is 12.7. The van der Waals surface area contributed by atoms with Gasteiger partial charge in [-0.25, -0.2) is 0 Å². The Morgan fingerprint density at radius 3 is 2.52 bits per heavy atom. The van der Waals surface area contributed by atoms with Gasteiger partial charge in [-0.1, -0.05) is 25.8 Å². The summed E-state index contributed by atoms with van der Waals surface area (Å²) in [5, 5.41) is 2.96. The fourth-order valence-corrected chi connectivity index (χ4v) is 3.29. The molecule has 1 saturated heterocycles. The average molecular weight is 368 g/mol. The second kappa shape index (κ2) is 9.78. The molecule has 1 heterocycles. The van der Waals surface area contributed by atoms with Crippen LogP contribution in [-0.4, -0.2) is 30.9 Å². The summed E-state index contributed by atoms with van der Waals surface area (Å²) in [4.78, 5) is 26.9. The zero-order chi connectivity index (χ0) is 17.7. The van der Waals surface area contributed by atoms with Crippen LogP contribution < -0.4 is 16.0 Å². The van der Waals surface area contributed by atoms with Crippen LogP contribution in [0.5, 0.6) is 0 Å². The van der Waals surface area contributed by atoms with Crippen molar-refractivity contribution in [3.05, 3.63) is 29.3 Å². The Balaban J connectivity index is 0.00000312. The summed E-state index contributed by atoms with van der Waals surface area (Å²) in [6.07, 6.45) is 3.51. The number of aryl methyl sites for hydroxylation is 2. The van der Waals surface area contributed by atoms with E-state index in [-0.39, 0.29) is 30.3 Å². The predicted molar refractivity (Wildman–Crippen MR) is 104 cm³/mol. The number of halogens is 1. The fourth-order valence-electron chi connectivity index (χ4n) is 3.29. The molecule has 0 saturated carbocycles.